The van der Waals surface area contributed by atoms with Gasteiger partial charge in [-0.05, 0) is 57.8 Å². The van der Waals surface area contributed by atoms with Crippen LogP contribution in [0.15, 0.2) is 85.1 Å². The zero-order valence-corrected chi connectivity index (χ0v) is 38.9. The molecule has 60 heavy (non-hydrogen) atoms. The Balaban J connectivity index is 4.45. The molecule has 0 aliphatic rings. The molecule has 0 aromatic carbocycles. The minimum absolute atomic E-state index is 0.0979. The SMILES string of the molecule is CCC\C=C/C=C\C=C/C=C\C=C/CCCCCCCC(=O)OCC(COC(=O)CCCCC/C=C\C=C/CCCC)OC(=O)CCCCCCCCCCCCCCC. The van der Waals surface area contributed by atoms with Crippen molar-refractivity contribution in [1.82, 2.24) is 0 Å². The second-order valence-electron chi connectivity index (χ2n) is 16.2. The second-order valence-corrected chi connectivity index (χ2v) is 16.2. The number of hydrogen-bond acceptors (Lipinski definition) is 6. The van der Waals surface area contributed by atoms with Crippen LogP contribution in [0.1, 0.15) is 220 Å². The topological polar surface area (TPSA) is 78.9 Å². The van der Waals surface area contributed by atoms with E-state index >= 15 is 0 Å². The normalized spacial score (nSPS) is 12.8. The molecule has 0 saturated carbocycles. The fraction of sp³-hybridized carbons (Fsp3) is 0.685. The van der Waals surface area contributed by atoms with Crippen LogP contribution in [-0.4, -0.2) is 37.2 Å². The molecule has 0 aliphatic carbocycles. The molecule has 0 amide bonds. The highest BCUT2D eigenvalue weighted by molar-refractivity contribution is 5.71. The lowest BCUT2D eigenvalue weighted by atomic mass is 10.0. The van der Waals surface area contributed by atoms with E-state index in [1.807, 2.05) is 24.3 Å². The number of ether oxygens (including phenoxy) is 3. The molecule has 1 atom stereocenters. The first-order valence-electron chi connectivity index (χ1n) is 24.7. The maximum atomic E-state index is 12.8. The van der Waals surface area contributed by atoms with Crippen molar-refractivity contribution in [2.75, 3.05) is 13.2 Å². The van der Waals surface area contributed by atoms with Gasteiger partial charge in [0.25, 0.3) is 0 Å². The summed E-state index contributed by atoms with van der Waals surface area (Å²) in [4.78, 5) is 37.9. The van der Waals surface area contributed by atoms with Gasteiger partial charge in [0.05, 0.1) is 0 Å². The third kappa shape index (κ3) is 45.7. The lowest BCUT2D eigenvalue weighted by Gasteiger charge is -2.18. The Morgan fingerprint density at radius 1 is 0.333 bits per heavy atom. The highest BCUT2D eigenvalue weighted by Crippen LogP contribution is 2.14. The number of hydrogen-bond donors (Lipinski definition) is 0. The summed E-state index contributed by atoms with van der Waals surface area (Å²) >= 11 is 0. The average molecular weight is 835 g/mol. The van der Waals surface area contributed by atoms with Gasteiger partial charge >= 0.3 is 17.9 Å². The Morgan fingerprint density at radius 2 is 0.650 bits per heavy atom. The minimum Gasteiger partial charge on any atom is -0.462 e. The Morgan fingerprint density at radius 3 is 1.08 bits per heavy atom. The molecule has 1 unspecified atom stereocenters. The molecule has 0 rings (SSSR count). The van der Waals surface area contributed by atoms with Crippen LogP contribution in [0.4, 0.5) is 0 Å². The van der Waals surface area contributed by atoms with Crippen LogP contribution >= 0.6 is 0 Å². The highest BCUT2D eigenvalue weighted by atomic mass is 16.6. The lowest BCUT2D eigenvalue weighted by molar-refractivity contribution is -0.167. The number of esters is 3. The van der Waals surface area contributed by atoms with Gasteiger partial charge in [-0.3, -0.25) is 14.4 Å². The van der Waals surface area contributed by atoms with Crippen LogP contribution in [0, 0.1) is 0 Å². The first kappa shape index (κ1) is 56.6. The van der Waals surface area contributed by atoms with E-state index in [1.165, 1.54) is 83.5 Å². The third-order valence-electron chi connectivity index (χ3n) is 10.3. The van der Waals surface area contributed by atoms with Gasteiger partial charge in [-0.1, -0.05) is 228 Å². The van der Waals surface area contributed by atoms with Crippen molar-refractivity contribution in [1.29, 1.82) is 0 Å². The van der Waals surface area contributed by atoms with E-state index in [9.17, 15) is 14.4 Å². The van der Waals surface area contributed by atoms with Crippen LogP contribution in [0.25, 0.3) is 0 Å². The molecule has 0 fully saturated rings. The summed E-state index contributed by atoms with van der Waals surface area (Å²) in [6.45, 7) is 6.44. The molecule has 0 spiro atoms. The third-order valence-corrected chi connectivity index (χ3v) is 10.3. The van der Waals surface area contributed by atoms with E-state index in [0.717, 1.165) is 96.3 Å². The van der Waals surface area contributed by atoms with E-state index in [4.69, 9.17) is 14.2 Å². The van der Waals surface area contributed by atoms with Gasteiger partial charge in [-0.15, -0.1) is 0 Å². The number of carbonyl (C=O) groups is 3. The summed E-state index contributed by atoms with van der Waals surface area (Å²) in [5, 5.41) is 0. The number of allylic oxidation sites excluding steroid dienone is 14. The Bertz CT molecular complexity index is 1190. The Hall–Kier alpha value is -3.41. The van der Waals surface area contributed by atoms with Crippen molar-refractivity contribution in [3.8, 4) is 0 Å². The summed E-state index contributed by atoms with van der Waals surface area (Å²) in [7, 11) is 0. The molecule has 0 N–H and O–H groups in total. The van der Waals surface area contributed by atoms with Crippen LogP contribution in [0.5, 0.6) is 0 Å². The number of unbranched alkanes of at least 4 members (excludes halogenated alkanes) is 23. The van der Waals surface area contributed by atoms with Gasteiger partial charge < -0.3 is 14.2 Å². The Labute approximate surface area is 369 Å². The van der Waals surface area contributed by atoms with E-state index in [1.54, 1.807) is 0 Å². The van der Waals surface area contributed by atoms with Gasteiger partial charge in [-0.2, -0.15) is 0 Å². The second kappa shape index (κ2) is 48.3. The summed E-state index contributed by atoms with van der Waals surface area (Å²) in [6.07, 6.45) is 61.3. The van der Waals surface area contributed by atoms with Crippen molar-refractivity contribution in [3.05, 3.63) is 85.1 Å². The first-order chi connectivity index (χ1) is 29.5. The lowest BCUT2D eigenvalue weighted by Crippen LogP contribution is -2.30. The van der Waals surface area contributed by atoms with Gasteiger partial charge in [-0.25, -0.2) is 0 Å². The molecule has 0 bridgehead atoms. The zero-order valence-electron chi connectivity index (χ0n) is 38.9. The Kier molecular flexibility index (Phi) is 45.5. The molecule has 0 aromatic heterocycles. The van der Waals surface area contributed by atoms with E-state index in [0.29, 0.717) is 19.3 Å². The van der Waals surface area contributed by atoms with Crippen LogP contribution < -0.4 is 0 Å². The van der Waals surface area contributed by atoms with Crippen LogP contribution in [0.2, 0.25) is 0 Å². The molecule has 6 heteroatoms. The van der Waals surface area contributed by atoms with Gasteiger partial charge in [0.2, 0.25) is 0 Å². The van der Waals surface area contributed by atoms with Crippen molar-refractivity contribution in [2.45, 2.75) is 226 Å². The van der Waals surface area contributed by atoms with Gasteiger partial charge in [0, 0.05) is 19.3 Å². The van der Waals surface area contributed by atoms with Crippen LogP contribution in [-0.2, 0) is 28.6 Å². The van der Waals surface area contributed by atoms with Gasteiger partial charge in [0.15, 0.2) is 6.10 Å². The van der Waals surface area contributed by atoms with E-state index in [-0.39, 0.29) is 31.1 Å². The molecule has 0 aromatic rings. The monoisotopic (exact) mass is 835 g/mol. The van der Waals surface area contributed by atoms with Crippen molar-refractivity contribution < 1.29 is 28.6 Å². The van der Waals surface area contributed by atoms with Crippen molar-refractivity contribution in [3.63, 3.8) is 0 Å². The molecule has 0 radical (unpaired) electrons. The summed E-state index contributed by atoms with van der Waals surface area (Å²) < 4.78 is 16.7. The summed E-state index contributed by atoms with van der Waals surface area (Å²) in [6, 6.07) is 0. The summed E-state index contributed by atoms with van der Waals surface area (Å²) in [5.41, 5.74) is 0. The maximum Gasteiger partial charge on any atom is 0.306 e. The summed E-state index contributed by atoms with van der Waals surface area (Å²) in [5.74, 6) is -0.951. The smallest absolute Gasteiger partial charge is 0.306 e. The molecule has 0 heterocycles. The maximum absolute atomic E-state index is 12.8. The molecular formula is C54H90O6. The standard InChI is InChI=1S/C54H90O6/c1-4-7-10-13-16-19-22-24-25-26-27-28-30-32-35-38-41-44-47-53(56)59-50-51(49-58-52(55)46-43-40-37-34-31-21-18-15-12-9-6-3)60-54(57)48-45-42-39-36-33-29-23-20-17-14-11-8-5-2/h10,13,15-16,18-19,21-22,24-28,31,51H,4-9,11-12,14,17,20,23,29-30,32-50H2,1-3H3/b13-10-,18-15-,19-16-,24-22-,26-25-,28-27-,31-21-. The molecule has 342 valence electrons. The number of rotatable bonds is 43. The first-order valence-corrected chi connectivity index (χ1v) is 24.7. The predicted octanol–water partition coefficient (Wildman–Crippen LogP) is 16.0. The largest absolute Gasteiger partial charge is 0.462 e. The van der Waals surface area contributed by atoms with Gasteiger partial charge in [0.1, 0.15) is 13.2 Å². The predicted molar refractivity (Wildman–Crippen MR) is 256 cm³/mol. The molecule has 0 saturated heterocycles. The van der Waals surface area contributed by atoms with E-state index < -0.39 is 6.10 Å². The minimum atomic E-state index is -0.795. The van der Waals surface area contributed by atoms with Crippen molar-refractivity contribution >= 4 is 17.9 Å². The molecule has 0 aliphatic heterocycles. The molecular weight excluding hydrogens is 745 g/mol. The molecule has 6 nitrogen and oxygen atoms in total. The number of carbonyl (C=O) groups excluding carboxylic acids is 3. The van der Waals surface area contributed by atoms with Crippen molar-refractivity contribution in [2.24, 2.45) is 0 Å². The van der Waals surface area contributed by atoms with Crippen LogP contribution in [0.3, 0.4) is 0 Å². The van der Waals surface area contributed by atoms with E-state index in [2.05, 4.69) is 81.5 Å². The zero-order chi connectivity index (χ0) is 43.7. The highest BCUT2D eigenvalue weighted by Gasteiger charge is 2.19. The average Bonchev–Trinajstić information content (AvgIpc) is 3.24. The quantitative estimate of drug-likeness (QED) is 0.0263. The fourth-order valence-electron chi connectivity index (χ4n) is 6.51. The fourth-order valence-corrected chi connectivity index (χ4v) is 6.51.